The van der Waals surface area contributed by atoms with E-state index in [1.807, 2.05) is 0 Å². The molecule has 1 aromatic heterocycles. The zero-order chi connectivity index (χ0) is 9.90. The average Bonchev–Trinajstić information content (AvgIpc) is 2.04. The Morgan fingerprint density at radius 1 is 1.62 bits per heavy atom. The number of aromatic hydroxyl groups is 1. The summed E-state index contributed by atoms with van der Waals surface area (Å²) in [6.45, 7) is 3.32. The van der Waals surface area contributed by atoms with Gasteiger partial charge in [-0.2, -0.15) is 0 Å². The van der Waals surface area contributed by atoms with Crippen LogP contribution in [0.3, 0.4) is 0 Å². The molecule has 0 radical (unpaired) electrons. The summed E-state index contributed by atoms with van der Waals surface area (Å²) in [5.41, 5.74) is 0. The number of hydrogen-bond donors (Lipinski definition) is 1. The SMILES string of the molecule is C=CCS(=O)(=O)c1cccnc1O. The highest BCUT2D eigenvalue weighted by Crippen LogP contribution is 2.19. The van der Waals surface area contributed by atoms with Crippen LogP contribution in [0, 0.1) is 0 Å². The van der Waals surface area contributed by atoms with Crippen LogP contribution in [-0.4, -0.2) is 24.3 Å². The van der Waals surface area contributed by atoms with Crippen LogP contribution < -0.4 is 0 Å². The van der Waals surface area contributed by atoms with Crippen LogP contribution in [0.2, 0.25) is 0 Å². The predicted molar refractivity (Wildman–Crippen MR) is 48.2 cm³/mol. The predicted octanol–water partition coefficient (Wildman–Crippen LogP) is 0.747. The van der Waals surface area contributed by atoms with Gasteiger partial charge in [0, 0.05) is 6.20 Å². The van der Waals surface area contributed by atoms with E-state index in [-0.39, 0.29) is 10.6 Å². The largest absolute Gasteiger partial charge is 0.492 e. The molecule has 1 aromatic rings. The van der Waals surface area contributed by atoms with Crippen LogP contribution in [-0.2, 0) is 9.84 Å². The third-order valence-corrected chi connectivity index (χ3v) is 3.09. The number of rotatable bonds is 3. The number of nitrogens with zero attached hydrogens (tertiary/aromatic N) is 1. The van der Waals surface area contributed by atoms with E-state index in [2.05, 4.69) is 11.6 Å². The van der Waals surface area contributed by atoms with Gasteiger partial charge in [-0.15, -0.1) is 6.58 Å². The second kappa shape index (κ2) is 3.57. The molecule has 0 amide bonds. The minimum absolute atomic E-state index is 0.157. The van der Waals surface area contributed by atoms with E-state index >= 15 is 0 Å². The summed E-state index contributed by atoms with van der Waals surface area (Å²) in [7, 11) is -3.47. The van der Waals surface area contributed by atoms with Gasteiger partial charge < -0.3 is 5.11 Å². The molecule has 0 unspecified atom stereocenters. The van der Waals surface area contributed by atoms with E-state index in [9.17, 15) is 8.42 Å². The van der Waals surface area contributed by atoms with Crippen molar-refractivity contribution in [1.29, 1.82) is 0 Å². The fourth-order valence-corrected chi connectivity index (χ4v) is 1.98. The van der Waals surface area contributed by atoms with Gasteiger partial charge in [0.1, 0.15) is 4.90 Å². The van der Waals surface area contributed by atoms with Crippen molar-refractivity contribution >= 4 is 9.84 Å². The number of sulfone groups is 1. The molecule has 0 atom stereocenters. The molecule has 0 aliphatic heterocycles. The zero-order valence-electron chi connectivity index (χ0n) is 6.84. The van der Waals surface area contributed by atoms with Crippen molar-refractivity contribution in [3.8, 4) is 5.88 Å². The Morgan fingerprint density at radius 2 is 2.31 bits per heavy atom. The highest BCUT2D eigenvalue weighted by atomic mass is 32.2. The molecule has 5 heteroatoms. The van der Waals surface area contributed by atoms with Crippen LogP contribution >= 0.6 is 0 Å². The summed E-state index contributed by atoms with van der Waals surface area (Å²) >= 11 is 0. The van der Waals surface area contributed by atoms with Gasteiger partial charge in [0.2, 0.25) is 5.88 Å². The Balaban J connectivity index is 3.22. The Morgan fingerprint density at radius 3 is 2.85 bits per heavy atom. The van der Waals surface area contributed by atoms with Crippen LogP contribution in [0.1, 0.15) is 0 Å². The summed E-state index contributed by atoms with van der Waals surface area (Å²) < 4.78 is 22.8. The summed E-state index contributed by atoms with van der Waals surface area (Å²) in [6, 6.07) is 2.76. The zero-order valence-corrected chi connectivity index (χ0v) is 7.66. The van der Waals surface area contributed by atoms with Crippen LogP contribution in [0.4, 0.5) is 0 Å². The van der Waals surface area contributed by atoms with Gasteiger partial charge in [-0.1, -0.05) is 6.08 Å². The Bertz CT molecular complexity index is 411. The first kappa shape index (κ1) is 9.73. The van der Waals surface area contributed by atoms with E-state index in [0.29, 0.717) is 0 Å². The molecule has 1 heterocycles. The van der Waals surface area contributed by atoms with Crippen molar-refractivity contribution in [2.45, 2.75) is 4.90 Å². The fraction of sp³-hybridized carbons (Fsp3) is 0.125. The summed E-state index contributed by atoms with van der Waals surface area (Å²) in [6.07, 6.45) is 2.59. The van der Waals surface area contributed by atoms with Gasteiger partial charge in [0.25, 0.3) is 0 Å². The van der Waals surface area contributed by atoms with Crippen molar-refractivity contribution in [3.63, 3.8) is 0 Å². The molecule has 0 bridgehead atoms. The average molecular weight is 199 g/mol. The molecule has 0 aliphatic carbocycles. The highest BCUT2D eigenvalue weighted by Gasteiger charge is 2.16. The Hall–Kier alpha value is -1.36. The molecule has 0 aliphatic rings. The quantitative estimate of drug-likeness (QED) is 0.729. The number of aromatic nitrogens is 1. The van der Waals surface area contributed by atoms with Crippen molar-refractivity contribution in [1.82, 2.24) is 4.98 Å². The van der Waals surface area contributed by atoms with Crippen molar-refractivity contribution in [3.05, 3.63) is 31.0 Å². The maximum atomic E-state index is 11.4. The molecule has 13 heavy (non-hydrogen) atoms. The van der Waals surface area contributed by atoms with Crippen LogP contribution in [0.5, 0.6) is 5.88 Å². The lowest BCUT2D eigenvalue weighted by Gasteiger charge is -2.01. The van der Waals surface area contributed by atoms with Gasteiger partial charge in [0.05, 0.1) is 5.75 Å². The molecule has 0 spiro atoms. The van der Waals surface area contributed by atoms with E-state index < -0.39 is 15.7 Å². The third-order valence-electron chi connectivity index (χ3n) is 1.42. The van der Waals surface area contributed by atoms with Crippen LogP contribution in [0.25, 0.3) is 0 Å². The van der Waals surface area contributed by atoms with E-state index in [1.165, 1.54) is 24.4 Å². The van der Waals surface area contributed by atoms with E-state index in [1.54, 1.807) is 0 Å². The maximum Gasteiger partial charge on any atom is 0.230 e. The first-order chi connectivity index (χ1) is 6.08. The minimum atomic E-state index is -3.47. The smallest absolute Gasteiger partial charge is 0.230 e. The lowest BCUT2D eigenvalue weighted by atomic mass is 10.5. The van der Waals surface area contributed by atoms with Gasteiger partial charge in [-0.3, -0.25) is 0 Å². The van der Waals surface area contributed by atoms with Gasteiger partial charge in [-0.05, 0) is 12.1 Å². The van der Waals surface area contributed by atoms with Crippen molar-refractivity contribution in [2.75, 3.05) is 5.75 Å². The van der Waals surface area contributed by atoms with Gasteiger partial charge in [-0.25, -0.2) is 13.4 Å². The molecule has 1 N–H and O–H groups in total. The molecule has 70 valence electrons. The van der Waals surface area contributed by atoms with Crippen molar-refractivity contribution < 1.29 is 13.5 Å². The number of pyridine rings is 1. The second-order valence-electron chi connectivity index (χ2n) is 2.40. The van der Waals surface area contributed by atoms with E-state index in [4.69, 9.17) is 5.11 Å². The number of hydrogen-bond acceptors (Lipinski definition) is 4. The molecule has 1 rings (SSSR count). The normalized spacial score (nSPS) is 11.1. The van der Waals surface area contributed by atoms with Gasteiger partial charge in [0.15, 0.2) is 9.84 Å². The summed E-state index contributed by atoms with van der Waals surface area (Å²) in [5.74, 6) is -0.670. The lowest BCUT2D eigenvalue weighted by molar-refractivity contribution is 0.436. The van der Waals surface area contributed by atoms with Crippen molar-refractivity contribution in [2.24, 2.45) is 0 Å². The molecule has 0 saturated carbocycles. The first-order valence-corrected chi connectivity index (χ1v) is 5.21. The molecule has 0 aromatic carbocycles. The van der Waals surface area contributed by atoms with Crippen LogP contribution in [0.15, 0.2) is 35.9 Å². The Labute approximate surface area is 76.5 Å². The maximum absolute atomic E-state index is 11.4. The second-order valence-corrected chi connectivity index (χ2v) is 4.40. The molecular weight excluding hydrogens is 190 g/mol. The molecular formula is C8H9NO3S. The molecule has 4 nitrogen and oxygen atoms in total. The lowest BCUT2D eigenvalue weighted by Crippen LogP contribution is -2.05. The molecule has 0 saturated heterocycles. The fourth-order valence-electron chi connectivity index (χ4n) is 0.870. The third kappa shape index (κ3) is 2.06. The topological polar surface area (TPSA) is 67.3 Å². The highest BCUT2D eigenvalue weighted by molar-refractivity contribution is 7.91. The first-order valence-electron chi connectivity index (χ1n) is 3.55. The summed E-state index contributed by atoms with van der Waals surface area (Å²) in [4.78, 5) is 3.31. The minimum Gasteiger partial charge on any atom is -0.492 e. The monoisotopic (exact) mass is 199 g/mol. The summed E-state index contributed by atoms with van der Waals surface area (Å²) in [5, 5.41) is 9.15. The Kier molecular flexibility index (Phi) is 2.67. The standard InChI is InChI=1S/C8H9NO3S/c1-2-6-13(11,12)7-4-3-5-9-8(7)10/h2-5H,1,6H2,(H,9,10). The van der Waals surface area contributed by atoms with E-state index in [0.717, 1.165) is 0 Å². The molecule has 0 fully saturated rings. The van der Waals surface area contributed by atoms with Gasteiger partial charge >= 0.3 is 0 Å².